The topological polar surface area (TPSA) is 55.8 Å². The molecule has 1 aliphatic rings. The van der Waals surface area contributed by atoms with E-state index in [0.717, 1.165) is 4.90 Å². The van der Waals surface area contributed by atoms with Gasteiger partial charge in [0, 0.05) is 11.5 Å². The summed E-state index contributed by atoms with van der Waals surface area (Å²) in [5, 5.41) is 0.0770. The average Bonchev–Trinajstić information content (AvgIpc) is 2.61. The van der Waals surface area contributed by atoms with Crippen LogP contribution < -0.4 is 0 Å². The van der Waals surface area contributed by atoms with Gasteiger partial charge in [0.05, 0.1) is 18.4 Å². The van der Waals surface area contributed by atoms with Gasteiger partial charge in [-0.05, 0) is 36.7 Å². The van der Waals surface area contributed by atoms with Gasteiger partial charge in [-0.1, -0.05) is 39.0 Å². The van der Waals surface area contributed by atoms with Gasteiger partial charge in [0.2, 0.25) is 5.91 Å². The quantitative estimate of drug-likeness (QED) is 0.367. The second-order valence-electron chi connectivity index (χ2n) is 8.37. The van der Waals surface area contributed by atoms with Gasteiger partial charge < -0.3 is 14.1 Å². The number of esters is 1. The van der Waals surface area contributed by atoms with Crippen molar-refractivity contribution in [2.45, 2.75) is 55.6 Å². The van der Waals surface area contributed by atoms with Crippen molar-refractivity contribution in [2.75, 3.05) is 20.3 Å². The minimum atomic E-state index is -1.83. The number of hydrogen-bond donors (Lipinski definition) is 0. The lowest BCUT2D eigenvalue weighted by molar-refractivity contribution is -0.159. The Labute approximate surface area is 167 Å². The largest absolute Gasteiger partial charge is 0.468 e. The number of hydrogen-bond acceptors (Lipinski definition) is 5. The number of β-lactam (4-membered cyclic amide) rings is 1. The van der Waals surface area contributed by atoms with Crippen LogP contribution in [-0.4, -0.2) is 50.7 Å². The molecule has 0 unspecified atom stereocenters. The first-order chi connectivity index (χ1) is 12.6. The van der Waals surface area contributed by atoms with Gasteiger partial charge in [0.25, 0.3) is 0 Å². The van der Waals surface area contributed by atoms with E-state index in [1.807, 2.05) is 30.3 Å². The third-order valence-electron chi connectivity index (χ3n) is 5.48. The van der Waals surface area contributed by atoms with Crippen LogP contribution in [0.15, 0.2) is 35.2 Å². The molecule has 27 heavy (non-hydrogen) atoms. The Balaban J connectivity index is 2.02. The Bertz CT molecular complexity index is 660. The number of ether oxygens (including phenoxy) is 1. The summed E-state index contributed by atoms with van der Waals surface area (Å²) >= 11 is 1.62. The molecule has 0 aliphatic carbocycles. The van der Waals surface area contributed by atoms with E-state index in [-0.39, 0.29) is 28.8 Å². The predicted molar refractivity (Wildman–Crippen MR) is 111 cm³/mol. The van der Waals surface area contributed by atoms with Crippen LogP contribution in [0.4, 0.5) is 0 Å². The lowest BCUT2D eigenvalue weighted by atomic mass is 9.95. The van der Waals surface area contributed by atoms with E-state index in [1.165, 1.54) is 7.11 Å². The molecule has 0 radical (unpaired) electrons. The molecule has 5 nitrogen and oxygen atoms in total. The van der Waals surface area contributed by atoms with Crippen molar-refractivity contribution in [1.29, 1.82) is 0 Å². The summed E-state index contributed by atoms with van der Waals surface area (Å²) in [4.78, 5) is 27.0. The Morgan fingerprint density at radius 3 is 2.41 bits per heavy atom. The number of carbonyl (C=O) groups is 2. The van der Waals surface area contributed by atoms with Crippen molar-refractivity contribution >= 4 is 32.0 Å². The van der Waals surface area contributed by atoms with E-state index in [4.69, 9.17) is 9.16 Å². The molecule has 0 saturated carbocycles. The highest BCUT2D eigenvalue weighted by molar-refractivity contribution is 8.00. The molecule has 150 valence electrons. The van der Waals surface area contributed by atoms with E-state index in [0.29, 0.717) is 13.0 Å². The second-order valence-corrected chi connectivity index (χ2v) is 14.4. The maximum absolute atomic E-state index is 12.6. The fourth-order valence-electron chi connectivity index (χ4n) is 2.67. The summed E-state index contributed by atoms with van der Waals surface area (Å²) in [6, 6.07) is 9.96. The number of carbonyl (C=O) groups excluding carboxylic acids is 2. The monoisotopic (exact) mass is 409 g/mol. The standard InChI is InChI=1S/C20H31NO4SSi/c1-20(2,3)27(5,6)25-13-12-16-18(23)21(14-17(22)24-4)19(16)26-15-10-8-7-9-11-15/h7-11,16,19H,12-14H2,1-6H3/t16-,19+/m0/s1. The fourth-order valence-corrected chi connectivity index (χ4v) is 5.05. The highest BCUT2D eigenvalue weighted by Gasteiger charge is 2.48. The Morgan fingerprint density at radius 1 is 1.22 bits per heavy atom. The summed E-state index contributed by atoms with van der Waals surface area (Å²) in [5.74, 6) is -0.518. The molecule has 1 aliphatic heterocycles. The zero-order valence-corrected chi connectivity index (χ0v) is 19.0. The summed E-state index contributed by atoms with van der Waals surface area (Å²) in [6.45, 7) is 11.6. The number of nitrogens with zero attached hydrogens (tertiary/aromatic N) is 1. The summed E-state index contributed by atoms with van der Waals surface area (Å²) in [7, 11) is -0.490. The van der Waals surface area contributed by atoms with Crippen molar-refractivity contribution in [2.24, 2.45) is 5.92 Å². The van der Waals surface area contributed by atoms with Gasteiger partial charge in [-0.15, -0.1) is 11.8 Å². The molecule has 1 saturated heterocycles. The molecule has 1 aromatic carbocycles. The third-order valence-corrected chi connectivity index (χ3v) is 11.4. The first-order valence-corrected chi connectivity index (χ1v) is 13.1. The molecule has 2 atom stereocenters. The van der Waals surface area contributed by atoms with Crippen molar-refractivity contribution in [3.05, 3.63) is 30.3 Å². The fraction of sp³-hybridized carbons (Fsp3) is 0.600. The van der Waals surface area contributed by atoms with E-state index < -0.39 is 14.3 Å². The molecule has 0 aromatic heterocycles. The highest BCUT2D eigenvalue weighted by atomic mass is 32.2. The van der Waals surface area contributed by atoms with E-state index >= 15 is 0 Å². The van der Waals surface area contributed by atoms with Gasteiger partial charge in [0.15, 0.2) is 8.32 Å². The minimum Gasteiger partial charge on any atom is -0.468 e. The maximum Gasteiger partial charge on any atom is 0.325 e. The van der Waals surface area contributed by atoms with Crippen molar-refractivity contribution in [3.63, 3.8) is 0 Å². The van der Waals surface area contributed by atoms with Crippen LogP contribution in [0.2, 0.25) is 18.1 Å². The van der Waals surface area contributed by atoms with E-state index in [9.17, 15) is 9.59 Å². The number of thioether (sulfide) groups is 1. The Morgan fingerprint density at radius 2 is 1.85 bits per heavy atom. The first kappa shape index (κ1) is 22.0. The van der Waals surface area contributed by atoms with Crippen LogP contribution in [0.1, 0.15) is 27.2 Å². The average molecular weight is 410 g/mol. The Kier molecular flexibility index (Phi) is 7.16. The normalized spacial score (nSPS) is 20.4. The van der Waals surface area contributed by atoms with Crippen molar-refractivity contribution in [1.82, 2.24) is 4.90 Å². The van der Waals surface area contributed by atoms with Crippen LogP contribution in [0.3, 0.4) is 0 Å². The summed E-state index contributed by atoms with van der Waals surface area (Å²) < 4.78 is 11.0. The molecular weight excluding hydrogens is 378 g/mol. The highest BCUT2D eigenvalue weighted by Crippen LogP contribution is 2.42. The van der Waals surface area contributed by atoms with Crippen LogP contribution in [-0.2, 0) is 18.8 Å². The molecule has 0 spiro atoms. The summed E-state index contributed by atoms with van der Waals surface area (Å²) in [5.41, 5.74) is 0. The van der Waals surface area contributed by atoms with Crippen molar-refractivity contribution in [3.8, 4) is 0 Å². The maximum atomic E-state index is 12.6. The molecule has 1 heterocycles. The lowest BCUT2D eigenvalue weighted by Gasteiger charge is -2.46. The number of rotatable bonds is 8. The van der Waals surface area contributed by atoms with Crippen LogP contribution in [0, 0.1) is 5.92 Å². The molecule has 7 heteroatoms. The number of methoxy groups -OCH3 is 1. The molecule has 1 amide bonds. The van der Waals surface area contributed by atoms with E-state index in [1.54, 1.807) is 16.7 Å². The van der Waals surface area contributed by atoms with Crippen LogP contribution in [0.5, 0.6) is 0 Å². The molecular formula is C20H31NO4SSi. The zero-order chi connectivity index (χ0) is 20.2. The smallest absolute Gasteiger partial charge is 0.325 e. The SMILES string of the molecule is COC(=O)CN1C(=O)[C@H](CCO[Si](C)(C)C(C)(C)C)[C@H]1Sc1ccccc1. The van der Waals surface area contributed by atoms with Crippen LogP contribution in [0.25, 0.3) is 0 Å². The van der Waals surface area contributed by atoms with Gasteiger partial charge in [-0.2, -0.15) is 0 Å². The van der Waals surface area contributed by atoms with Gasteiger partial charge in [-0.3, -0.25) is 9.59 Å². The molecule has 1 aromatic rings. The lowest BCUT2D eigenvalue weighted by Crippen LogP contribution is -2.61. The predicted octanol–water partition coefficient (Wildman–Crippen LogP) is 4.15. The Hall–Kier alpha value is -1.31. The summed E-state index contributed by atoms with van der Waals surface area (Å²) in [6.07, 6.45) is 0.674. The minimum absolute atomic E-state index is 0.000571. The third kappa shape index (κ3) is 5.36. The van der Waals surface area contributed by atoms with Gasteiger partial charge in [-0.25, -0.2) is 0 Å². The van der Waals surface area contributed by atoms with Crippen molar-refractivity contribution < 1.29 is 18.8 Å². The number of benzene rings is 1. The second kappa shape index (κ2) is 8.79. The first-order valence-electron chi connectivity index (χ1n) is 9.30. The zero-order valence-electron chi connectivity index (χ0n) is 17.2. The van der Waals surface area contributed by atoms with Crippen LogP contribution >= 0.6 is 11.8 Å². The number of amides is 1. The molecule has 2 rings (SSSR count). The molecule has 0 N–H and O–H groups in total. The molecule has 0 bridgehead atoms. The number of likely N-dealkylation sites (tertiary alicyclic amines) is 1. The molecule has 1 fully saturated rings. The van der Waals surface area contributed by atoms with Gasteiger partial charge >= 0.3 is 5.97 Å². The van der Waals surface area contributed by atoms with E-state index in [2.05, 4.69) is 33.9 Å². The van der Waals surface area contributed by atoms with Gasteiger partial charge in [0.1, 0.15) is 6.54 Å².